The summed E-state index contributed by atoms with van der Waals surface area (Å²) in [5.41, 5.74) is 0. The Morgan fingerprint density at radius 3 is 2.65 bits per heavy atom. The molecule has 1 aromatic rings. The highest BCUT2D eigenvalue weighted by Gasteiger charge is 2.24. The van der Waals surface area contributed by atoms with Crippen molar-refractivity contribution in [2.45, 2.75) is 11.0 Å². The van der Waals surface area contributed by atoms with Gasteiger partial charge in [-0.05, 0) is 19.2 Å². The molecule has 112 valence electrons. The molecule has 0 aromatic heterocycles. The largest absolute Gasteiger partial charge is 0.374 e. The second-order valence-electron chi connectivity index (χ2n) is 4.66. The molecule has 1 aliphatic heterocycles. The standard InChI is InChI=1S/C12H16Cl2N2O3S/c1-16-5-6-19-9(8-16)7-15-20(17,18)12-10(13)3-2-4-11(12)14/h2-4,9,15H,5-8H2,1H3. The lowest BCUT2D eigenvalue weighted by Crippen LogP contribution is -2.45. The van der Waals surface area contributed by atoms with E-state index in [2.05, 4.69) is 9.62 Å². The maximum absolute atomic E-state index is 12.2. The van der Waals surface area contributed by atoms with E-state index in [0.717, 1.165) is 6.54 Å². The number of nitrogens with one attached hydrogen (secondary N) is 1. The number of halogens is 2. The van der Waals surface area contributed by atoms with Gasteiger partial charge >= 0.3 is 0 Å². The second-order valence-corrected chi connectivity index (χ2v) is 7.18. The molecule has 1 unspecified atom stereocenters. The van der Waals surface area contributed by atoms with E-state index in [1.807, 2.05) is 7.05 Å². The number of benzene rings is 1. The van der Waals surface area contributed by atoms with E-state index < -0.39 is 10.0 Å². The normalized spacial score (nSPS) is 21.1. The number of rotatable bonds is 4. The fourth-order valence-electron chi connectivity index (χ4n) is 2.00. The van der Waals surface area contributed by atoms with Gasteiger partial charge in [-0.15, -0.1) is 0 Å². The molecule has 20 heavy (non-hydrogen) atoms. The Kier molecular flexibility index (Phi) is 5.28. The van der Waals surface area contributed by atoms with Crippen LogP contribution in [0.4, 0.5) is 0 Å². The first-order valence-electron chi connectivity index (χ1n) is 6.14. The monoisotopic (exact) mass is 338 g/mol. The van der Waals surface area contributed by atoms with Crippen LogP contribution in [0.15, 0.2) is 23.1 Å². The zero-order valence-corrected chi connectivity index (χ0v) is 13.3. The van der Waals surface area contributed by atoms with E-state index in [-0.39, 0.29) is 27.6 Å². The fourth-order valence-corrected chi connectivity index (χ4v) is 4.21. The predicted octanol–water partition coefficient (Wildman–Crippen LogP) is 1.60. The van der Waals surface area contributed by atoms with Crippen molar-refractivity contribution in [3.05, 3.63) is 28.2 Å². The molecule has 0 bridgehead atoms. The third-order valence-corrected chi connectivity index (χ3v) is 5.41. The summed E-state index contributed by atoms with van der Waals surface area (Å²) >= 11 is 11.8. The van der Waals surface area contributed by atoms with E-state index >= 15 is 0 Å². The van der Waals surface area contributed by atoms with Gasteiger partial charge in [-0.3, -0.25) is 0 Å². The maximum Gasteiger partial charge on any atom is 0.243 e. The molecule has 0 radical (unpaired) electrons. The smallest absolute Gasteiger partial charge is 0.243 e. The van der Waals surface area contributed by atoms with Crippen LogP contribution in [0.25, 0.3) is 0 Å². The van der Waals surface area contributed by atoms with Gasteiger partial charge in [0, 0.05) is 19.6 Å². The average molecular weight is 339 g/mol. The van der Waals surface area contributed by atoms with Crippen LogP contribution in [0.5, 0.6) is 0 Å². The summed E-state index contributed by atoms with van der Waals surface area (Å²) in [5, 5.41) is 0.207. The number of sulfonamides is 1. The molecule has 8 heteroatoms. The lowest BCUT2D eigenvalue weighted by atomic mass is 10.3. The zero-order valence-electron chi connectivity index (χ0n) is 11.0. The van der Waals surface area contributed by atoms with Crippen LogP contribution in [0.1, 0.15) is 0 Å². The third kappa shape index (κ3) is 3.84. The number of nitrogens with zero attached hydrogens (tertiary/aromatic N) is 1. The van der Waals surface area contributed by atoms with Crippen molar-refractivity contribution >= 4 is 33.2 Å². The molecule has 1 aliphatic rings. The first-order chi connectivity index (χ1) is 9.40. The van der Waals surface area contributed by atoms with Gasteiger partial charge in [-0.1, -0.05) is 29.3 Å². The molecule has 1 fully saturated rings. The topological polar surface area (TPSA) is 58.6 Å². The van der Waals surface area contributed by atoms with Crippen molar-refractivity contribution < 1.29 is 13.2 Å². The van der Waals surface area contributed by atoms with E-state index in [1.54, 1.807) is 6.07 Å². The van der Waals surface area contributed by atoms with Gasteiger partial charge in [-0.2, -0.15) is 0 Å². The summed E-state index contributed by atoms with van der Waals surface area (Å²) in [7, 11) is -1.78. The molecule has 1 atom stereocenters. The van der Waals surface area contributed by atoms with E-state index in [1.165, 1.54) is 12.1 Å². The average Bonchev–Trinajstić information content (AvgIpc) is 2.36. The minimum absolute atomic E-state index is 0.0903. The van der Waals surface area contributed by atoms with Gasteiger partial charge in [0.05, 0.1) is 22.8 Å². The van der Waals surface area contributed by atoms with Gasteiger partial charge < -0.3 is 9.64 Å². The van der Waals surface area contributed by atoms with Gasteiger partial charge in [0.25, 0.3) is 0 Å². The van der Waals surface area contributed by atoms with Gasteiger partial charge in [0.2, 0.25) is 10.0 Å². The van der Waals surface area contributed by atoms with Crippen molar-refractivity contribution in [1.29, 1.82) is 0 Å². The van der Waals surface area contributed by atoms with Crippen molar-refractivity contribution in [2.24, 2.45) is 0 Å². The first kappa shape index (κ1) is 16.0. The molecule has 5 nitrogen and oxygen atoms in total. The number of hydrogen-bond acceptors (Lipinski definition) is 4. The Labute approximate surface area is 128 Å². The Morgan fingerprint density at radius 1 is 1.40 bits per heavy atom. The van der Waals surface area contributed by atoms with Crippen LogP contribution in [-0.4, -0.2) is 52.7 Å². The highest BCUT2D eigenvalue weighted by atomic mass is 35.5. The quantitative estimate of drug-likeness (QED) is 0.905. The first-order valence-corrected chi connectivity index (χ1v) is 8.38. The van der Waals surface area contributed by atoms with E-state index in [4.69, 9.17) is 27.9 Å². The van der Waals surface area contributed by atoms with Crippen molar-refractivity contribution in [2.75, 3.05) is 33.3 Å². The summed E-state index contributed by atoms with van der Waals surface area (Å²) in [6, 6.07) is 4.59. The fraction of sp³-hybridized carbons (Fsp3) is 0.500. The summed E-state index contributed by atoms with van der Waals surface area (Å²) in [6.07, 6.45) is -0.176. The minimum atomic E-state index is -3.75. The zero-order chi connectivity index (χ0) is 14.8. The lowest BCUT2D eigenvalue weighted by Gasteiger charge is -2.30. The molecule has 0 amide bonds. The molecule has 1 aromatic carbocycles. The van der Waals surface area contributed by atoms with Crippen molar-refractivity contribution in [3.8, 4) is 0 Å². The van der Waals surface area contributed by atoms with Gasteiger partial charge in [0.15, 0.2) is 0 Å². The second kappa shape index (κ2) is 6.60. The molecule has 0 aliphatic carbocycles. The Morgan fingerprint density at radius 2 is 2.05 bits per heavy atom. The summed E-state index contributed by atoms with van der Waals surface area (Å²) < 4.78 is 32.5. The minimum Gasteiger partial charge on any atom is -0.374 e. The Balaban J connectivity index is 2.08. The molecular weight excluding hydrogens is 323 g/mol. The van der Waals surface area contributed by atoms with Gasteiger partial charge in [-0.25, -0.2) is 13.1 Å². The number of hydrogen-bond donors (Lipinski definition) is 1. The molecular formula is C12H16Cl2N2O3S. The van der Waals surface area contributed by atoms with E-state index in [9.17, 15) is 8.42 Å². The molecule has 1 N–H and O–H groups in total. The van der Waals surface area contributed by atoms with Gasteiger partial charge in [0.1, 0.15) is 4.90 Å². The summed E-state index contributed by atoms with van der Waals surface area (Å²) in [4.78, 5) is 2.00. The highest BCUT2D eigenvalue weighted by Crippen LogP contribution is 2.28. The highest BCUT2D eigenvalue weighted by molar-refractivity contribution is 7.89. The summed E-state index contributed by atoms with van der Waals surface area (Å²) in [6.45, 7) is 2.31. The number of likely N-dealkylation sites (N-methyl/N-ethyl adjacent to an activating group) is 1. The van der Waals surface area contributed by atoms with Crippen LogP contribution >= 0.6 is 23.2 Å². The number of morpholine rings is 1. The third-order valence-electron chi connectivity index (χ3n) is 3.03. The molecule has 0 spiro atoms. The van der Waals surface area contributed by atoms with Crippen LogP contribution in [0.3, 0.4) is 0 Å². The van der Waals surface area contributed by atoms with Crippen LogP contribution < -0.4 is 4.72 Å². The van der Waals surface area contributed by atoms with Crippen LogP contribution in [-0.2, 0) is 14.8 Å². The van der Waals surface area contributed by atoms with E-state index in [0.29, 0.717) is 13.2 Å². The Bertz CT molecular complexity index is 560. The Hall–Kier alpha value is -0.370. The number of ether oxygens (including phenoxy) is 1. The summed E-state index contributed by atoms with van der Waals surface area (Å²) in [5.74, 6) is 0. The molecule has 0 saturated carbocycles. The van der Waals surface area contributed by atoms with Crippen LogP contribution in [0, 0.1) is 0 Å². The van der Waals surface area contributed by atoms with Crippen molar-refractivity contribution in [3.63, 3.8) is 0 Å². The van der Waals surface area contributed by atoms with Crippen molar-refractivity contribution in [1.82, 2.24) is 9.62 Å². The molecule has 1 heterocycles. The predicted molar refractivity (Wildman–Crippen MR) is 78.9 cm³/mol. The SMILES string of the molecule is CN1CCOC(CNS(=O)(=O)c2c(Cl)cccc2Cl)C1. The molecule has 1 saturated heterocycles. The maximum atomic E-state index is 12.2. The van der Waals surface area contributed by atoms with Crippen LogP contribution in [0.2, 0.25) is 10.0 Å². The molecule has 2 rings (SSSR count). The lowest BCUT2D eigenvalue weighted by molar-refractivity contribution is -0.0156.